The van der Waals surface area contributed by atoms with E-state index in [9.17, 15) is 14.3 Å². The fraction of sp³-hybridized carbons (Fsp3) is 0.522. The number of piperidine rings is 1. The first-order valence-corrected chi connectivity index (χ1v) is 10.8. The van der Waals surface area contributed by atoms with Gasteiger partial charge in [0.15, 0.2) is 5.58 Å². The first-order chi connectivity index (χ1) is 16.3. The molecule has 31 heavy (non-hydrogen) atoms. The van der Waals surface area contributed by atoms with Gasteiger partial charge in [0.1, 0.15) is 17.7 Å². The number of fused-ring (bicyclic) bond motifs is 2. The molecule has 0 amide bonds. The molecule has 2 aromatic heterocycles. The molecular weight excluding hydrogens is 399 g/mol. The number of hydrogen-bond acceptors (Lipinski definition) is 6. The molecule has 7 nitrogen and oxygen atoms in total. The van der Waals surface area contributed by atoms with Gasteiger partial charge >= 0.3 is 0 Å². The fourth-order valence-electron chi connectivity index (χ4n) is 4.79. The summed E-state index contributed by atoms with van der Waals surface area (Å²) in [7, 11) is 0. The van der Waals surface area contributed by atoms with Crippen molar-refractivity contribution in [2.45, 2.75) is 57.6 Å². The highest BCUT2D eigenvalue weighted by atomic mass is 19.1. The minimum atomic E-state index is -1.06. The van der Waals surface area contributed by atoms with E-state index in [0.29, 0.717) is 48.7 Å². The molecule has 3 aromatic rings. The third-order valence-electron chi connectivity index (χ3n) is 6.55. The smallest absolute Gasteiger partial charge is 0.257 e. The van der Waals surface area contributed by atoms with Crippen molar-refractivity contribution in [3.63, 3.8) is 0 Å². The number of aryl methyl sites for hydroxylation is 1. The summed E-state index contributed by atoms with van der Waals surface area (Å²) in [5, 5.41) is 14.5. The number of benzene rings is 1. The average Bonchev–Trinajstić information content (AvgIpc) is 3.28. The van der Waals surface area contributed by atoms with Crippen LogP contribution in [0.5, 0.6) is 0 Å². The quantitative estimate of drug-likeness (QED) is 0.686. The van der Waals surface area contributed by atoms with Crippen LogP contribution in [0.3, 0.4) is 0 Å². The second-order valence-corrected chi connectivity index (χ2v) is 8.48. The Morgan fingerprint density at radius 1 is 1.29 bits per heavy atom. The van der Waals surface area contributed by atoms with Crippen LogP contribution >= 0.6 is 0 Å². The van der Waals surface area contributed by atoms with Crippen LogP contribution in [-0.2, 0) is 13.0 Å². The maximum Gasteiger partial charge on any atom is 0.257 e. The van der Waals surface area contributed by atoms with Gasteiger partial charge in [-0.3, -0.25) is 9.36 Å². The summed E-state index contributed by atoms with van der Waals surface area (Å²) >= 11 is 0. The largest absolute Gasteiger partial charge is 0.385 e. The van der Waals surface area contributed by atoms with E-state index in [2.05, 4.69) is 15.0 Å². The van der Waals surface area contributed by atoms with Gasteiger partial charge in [-0.1, -0.05) is 5.16 Å². The molecular formula is C23H27FN4O3. The molecule has 2 aliphatic heterocycles. The first kappa shape index (κ1) is 17.0. The Morgan fingerprint density at radius 2 is 2.10 bits per heavy atom. The van der Waals surface area contributed by atoms with E-state index in [1.165, 1.54) is 0 Å². The molecule has 1 saturated heterocycles. The third kappa shape index (κ3) is 3.78. The van der Waals surface area contributed by atoms with Crippen LogP contribution in [0.1, 0.15) is 64.6 Å². The zero-order chi connectivity index (χ0) is 24.1. The van der Waals surface area contributed by atoms with Gasteiger partial charge in [0.2, 0.25) is 0 Å². The molecule has 5 rings (SSSR count). The Bertz CT molecular complexity index is 1320. The van der Waals surface area contributed by atoms with E-state index in [1.807, 2.05) is 6.92 Å². The molecule has 164 valence electrons. The monoisotopic (exact) mass is 429 g/mol. The van der Waals surface area contributed by atoms with Crippen LogP contribution in [0.4, 0.5) is 4.39 Å². The SMILES string of the molecule is [2H]c1c(F)c([2H])c2onc(C3CCN(CCc4c(C)nc5n(c4=O)CCCC5O)CC3)c2c1[2H]. The summed E-state index contributed by atoms with van der Waals surface area (Å²) in [5.74, 6) is -0.601. The van der Waals surface area contributed by atoms with Crippen molar-refractivity contribution in [2.24, 2.45) is 0 Å². The van der Waals surface area contributed by atoms with Gasteiger partial charge in [-0.05, 0) is 64.2 Å². The lowest BCUT2D eigenvalue weighted by molar-refractivity contribution is 0.129. The summed E-state index contributed by atoms with van der Waals surface area (Å²) in [6.07, 6.45) is 2.77. The van der Waals surface area contributed by atoms with Gasteiger partial charge in [0, 0.05) is 41.7 Å². The van der Waals surface area contributed by atoms with E-state index in [-0.39, 0.29) is 28.5 Å². The van der Waals surface area contributed by atoms with Gasteiger partial charge in [-0.2, -0.15) is 0 Å². The van der Waals surface area contributed by atoms with Crippen molar-refractivity contribution in [2.75, 3.05) is 19.6 Å². The topological polar surface area (TPSA) is 84.4 Å². The van der Waals surface area contributed by atoms with Gasteiger partial charge in [-0.25, -0.2) is 9.37 Å². The molecule has 0 saturated carbocycles. The molecule has 1 aromatic carbocycles. The van der Waals surface area contributed by atoms with Crippen LogP contribution in [-0.4, -0.2) is 44.3 Å². The number of aliphatic hydroxyl groups is 1. The van der Waals surface area contributed by atoms with Crippen LogP contribution in [0.15, 0.2) is 27.4 Å². The number of likely N-dealkylation sites (tertiary alicyclic amines) is 1. The molecule has 0 spiro atoms. The van der Waals surface area contributed by atoms with Crippen molar-refractivity contribution in [1.82, 2.24) is 19.6 Å². The van der Waals surface area contributed by atoms with Gasteiger partial charge in [-0.15, -0.1) is 0 Å². The van der Waals surface area contributed by atoms with Gasteiger partial charge < -0.3 is 14.5 Å². The van der Waals surface area contributed by atoms with Crippen molar-refractivity contribution in [1.29, 1.82) is 0 Å². The van der Waals surface area contributed by atoms with Gasteiger partial charge in [0.05, 0.1) is 9.81 Å². The molecule has 0 aliphatic carbocycles. The Kier molecular flexibility index (Phi) is 4.49. The molecule has 1 fully saturated rings. The highest BCUT2D eigenvalue weighted by molar-refractivity contribution is 5.79. The maximum absolute atomic E-state index is 14.0. The van der Waals surface area contributed by atoms with Crippen molar-refractivity contribution >= 4 is 11.0 Å². The number of rotatable bonds is 4. The summed E-state index contributed by atoms with van der Waals surface area (Å²) in [5.41, 5.74) is 1.76. The molecule has 1 unspecified atom stereocenters. The number of aliphatic hydroxyl groups excluding tert-OH is 1. The normalized spacial score (nSPS) is 21.6. The lowest BCUT2D eigenvalue weighted by Gasteiger charge is -2.31. The Balaban J connectivity index is 1.28. The zero-order valence-electron chi connectivity index (χ0n) is 20.4. The fourth-order valence-corrected chi connectivity index (χ4v) is 4.79. The third-order valence-corrected chi connectivity index (χ3v) is 6.55. The molecule has 4 heterocycles. The Labute approximate surface area is 183 Å². The predicted octanol–water partition coefficient (Wildman–Crippen LogP) is 3.08. The van der Waals surface area contributed by atoms with Crippen molar-refractivity contribution < 1.29 is 18.1 Å². The highest BCUT2D eigenvalue weighted by Crippen LogP contribution is 2.32. The van der Waals surface area contributed by atoms with Crippen LogP contribution in [0.2, 0.25) is 0 Å². The molecule has 1 N–H and O–H groups in total. The second kappa shape index (κ2) is 8.16. The number of nitrogens with zero attached hydrogens (tertiary/aromatic N) is 4. The molecule has 8 heteroatoms. The minimum Gasteiger partial charge on any atom is -0.385 e. The standard InChI is InChI=1S/C23H27FN4O3/c1-14-17(23(30)28-9-2-3-19(29)22(28)25-14)8-12-27-10-6-15(7-11-27)21-18-5-4-16(24)13-20(18)31-26-21/h4-5,13,15,19,29H,2-3,6-12H2,1H3/i4D,5D,13D. The second-order valence-electron chi connectivity index (χ2n) is 8.48. The van der Waals surface area contributed by atoms with Gasteiger partial charge in [0.25, 0.3) is 5.56 Å². The summed E-state index contributed by atoms with van der Waals surface area (Å²) in [6.45, 7) is 4.63. The maximum atomic E-state index is 14.0. The molecule has 0 bridgehead atoms. The zero-order valence-corrected chi connectivity index (χ0v) is 17.4. The van der Waals surface area contributed by atoms with Crippen LogP contribution in [0.25, 0.3) is 11.0 Å². The number of hydrogen-bond donors (Lipinski definition) is 1. The minimum absolute atomic E-state index is 0.00915. The highest BCUT2D eigenvalue weighted by Gasteiger charge is 2.26. The van der Waals surface area contributed by atoms with E-state index >= 15 is 0 Å². The molecule has 0 radical (unpaired) electrons. The Hall–Kier alpha value is -2.58. The molecule has 1 atom stereocenters. The van der Waals surface area contributed by atoms with Crippen LogP contribution < -0.4 is 5.56 Å². The Morgan fingerprint density at radius 3 is 2.90 bits per heavy atom. The number of halogens is 1. The number of aromatic nitrogens is 3. The summed E-state index contributed by atoms with van der Waals surface area (Å²) in [6, 6.07) is -1.42. The average molecular weight is 430 g/mol. The summed E-state index contributed by atoms with van der Waals surface area (Å²) < 4.78 is 44.6. The lowest BCUT2D eigenvalue weighted by atomic mass is 9.91. The first-order valence-electron chi connectivity index (χ1n) is 12.3. The van der Waals surface area contributed by atoms with Crippen LogP contribution in [0, 0.1) is 12.7 Å². The predicted molar refractivity (Wildman–Crippen MR) is 114 cm³/mol. The van der Waals surface area contributed by atoms with Crippen molar-refractivity contribution in [3.8, 4) is 0 Å². The van der Waals surface area contributed by atoms with E-state index < -0.39 is 24.0 Å². The molecule has 2 aliphatic rings. The lowest BCUT2D eigenvalue weighted by Crippen LogP contribution is -2.37. The van der Waals surface area contributed by atoms with E-state index in [1.54, 1.807) is 4.57 Å². The summed E-state index contributed by atoms with van der Waals surface area (Å²) in [4.78, 5) is 19.8. The van der Waals surface area contributed by atoms with E-state index in [4.69, 9.17) is 8.64 Å². The van der Waals surface area contributed by atoms with Crippen molar-refractivity contribution in [3.05, 3.63) is 57.1 Å². The van der Waals surface area contributed by atoms with E-state index in [0.717, 1.165) is 32.4 Å².